The second kappa shape index (κ2) is 5.95. The Kier molecular flexibility index (Phi) is 4.30. The van der Waals surface area contributed by atoms with Crippen LogP contribution in [-0.4, -0.2) is 18.3 Å². The van der Waals surface area contributed by atoms with E-state index in [9.17, 15) is 4.79 Å². The molecule has 1 aliphatic carbocycles. The highest BCUT2D eigenvalue weighted by Gasteiger charge is 2.24. The molecule has 19 heavy (non-hydrogen) atoms. The maximum absolute atomic E-state index is 11.6. The molecule has 0 aliphatic heterocycles. The van der Waals surface area contributed by atoms with Gasteiger partial charge in [-0.1, -0.05) is 32.0 Å². The maximum Gasteiger partial charge on any atom is 0.317 e. The molecule has 0 aromatic heterocycles. The summed E-state index contributed by atoms with van der Waals surface area (Å²) in [6.07, 6.45) is 1.82. The zero-order valence-corrected chi connectivity index (χ0v) is 11.8. The molecule has 1 aromatic rings. The van der Waals surface area contributed by atoms with Crippen LogP contribution >= 0.6 is 0 Å². The van der Waals surface area contributed by atoms with Crippen molar-refractivity contribution in [2.45, 2.75) is 51.8 Å². The molecule has 4 nitrogen and oxygen atoms in total. The van der Waals surface area contributed by atoms with E-state index >= 15 is 0 Å². The number of amides is 2. The van der Waals surface area contributed by atoms with Gasteiger partial charge in [-0.15, -0.1) is 0 Å². The summed E-state index contributed by atoms with van der Waals surface area (Å²) in [5.74, 6) is 1.22. The van der Waals surface area contributed by atoms with E-state index in [1.54, 1.807) is 0 Å². The Bertz CT molecular complexity index is 442. The van der Waals surface area contributed by atoms with Gasteiger partial charge in [-0.25, -0.2) is 4.79 Å². The van der Waals surface area contributed by atoms with Crippen LogP contribution in [0, 0.1) is 0 Å². The van der Waals surface area contributed by atoms with E-state index in [1.807, 2.05) is 25.1 Å². The summed E-state index contributed by atoms with van der Waals surface area (Å²) in [5.41, 5.74) is 1.15. The van der Waals surface area contributed by atoms with E-state index in [1.165, 1.54) is 0 Å². The zero-order valence-electron chi connectivity index (χ0n) is 11.8. The Morgan fingerprint density at radius 2 is 1.95 bits per heavy atom. The summed E-state index contributed by atoms with van der Waals surface area (Å²) in [5, 5.41) is 5.67. The molecule has 0 bridgehead atoms. The molecule has 0 spiro atoms. The van der Waals surface area contributed by atoms with Crippen molar-refractivity contribution in [3.63, 3.8) is 0 Å². The molecule has 1 aliphatic rings. The van der Waals surface area contributed by atoms with Crippen LogP contribution in [0.5, 0.6) is 5.75 Å². The first-order chi connectivity index (χ1) is 9.06. The van der Waals surface area contributed by atoms with Gasteiger partial charge >= 0.3 is 6.03 Å². The topological polar surface area (TPSA) is 50.4 Å². The average Bonchev–Trinajstić information content (AvgIpc) is 3.12. The van der Waals surface area contributed by atoms with Crippen molar-refractivity contribution in [2.24, 2.45) is 0 Å². The number of carbonyl (C=O) groups is 1. The fourth-order valence-electron chi connectivity index (χ4n) is 1.92. The van der Waals surface area contributed by atoms with E-state index in [0.717, 1.165) is 24.2 Å². The molecule has 0 heterocycles. The number of urea groups is 1. The minimum atomic E-state index is -0.348. The second-order valence-corrected chi connectivity index (χ2v) is 5.34. The van der Waals surface area contributed by atoms with Gasteiger partial charge in [-0.3, -0.25) is 0 Å². The number of carbonyl (C=O) groups excluding carboxylic acids is 1. The SMILES string of the molecule is CC(NC(=O)NC1CC1)Oc1ccccc1C(C)C. The van der Waals surface area contributed by atoms with E-state index < -0.39 is 0 Å². The lowest BCUT2D eigenvalue weighted by molar-refractivity contribution is 0.175. The molecule has 1 fully saturated rings. The van der Waals surface area contributed by atoms with Crippen molar-refractivity contribution >= 4 is 6.03 Å². The van der Waals surface area contributed by atoms with Gasteiger partial charge in [0.2, 0.25) is 0 Å². The van der Waals surface area contributed by atoms with Crippen molar-refractivity contribution < 1.29 is 9.53 Å². The predicted molar refractivity (Wildman–Crippen MR) is 75.3 cm³/mol. The third kappa shape index (κ3) is 4.16. The minimum Gasteiger partial charge on any atom is -0.471 e. The lowest BCUT2D eigenvalue weighted by Crippen LogP contribution is -2.44. The van der Waals surface area contributed by atoms with Gasteiger partial charge in [0.1, 0.15) is 5.75 Å². The molecule has 0 radical (unpaired) electrons. The molecule has 2 amide bonds. The van der Waals surface area contributed by atoms with Crippen LogP contribution in [0.3, 0.4) is 0 Å². The molecule has 1 saturated carbocycles. The zero-order chi connectivity index (χ0) is 13.8. The molecule has 1 unspecified atom stereocenters. The lowest BCUT2D eigenvalue weighted by atomic mass is 10.0. The molecule has 4 heteroatoms. The van der Waals surface area contributed by atoms with Gasteiger partial charge in [0.05, 0.1) is 0 Å². The van der Waals surface area contributed by atoms with Crippen molar-refractivity contribution in [3.05, 3.63) is 29.8 Å². The number of hydrogen-bond acceptors (Lipinski definition) is 2. The van der Waals surface area contributed by atoms with Gasteiger partial charge in [0.15, 0.2) is 6.23 Å². The van der Waals surface area contributed by atoms with Crippen LogP contribution in [0.25, 0.3) is 0 Å². The van der Waals surface area contributed by atoms with E-state index in [0.29, 0.717) is 12.0 Å². The molecule has 0 saturated heterocycles. The van der Waals surface area contributed by atoms with E-state index in [4.69, 9.17) is 4.74 Å². The number of rotatable bonds is 5. The molecule has 104 valence electrons. The van der Waals surface area contributed by atoms with Crippen molar-refractivity contribution in [1.82, 2.24) is 10.6 Å². The first-order valence-electron chi connectivity index (χ1n) is 6.89. The van der Waals surface area contributed by atoms with Crippen LogP contribution in [0.15, 0.2) is 24.3 Å². The third-order valence-corrected chi connectivity index (χ3v) is 3.09. The summed E-state index contributed by atoms with van der Waals surface area (Å²) in [6, 6.07) is 8.13. The normalized spacial score (nSPS) is 16.0. The van der Waals surface area contributed by atoms with Gasteiger partial charge in [-0.2, -0.15) is 0 Å². The summed E-state index contributed by atoms with van der Waals surface area (Å²) in [4.78, 5) is 11.6. The Morgan fingerprint density at radius 3 is 2.58 bits per heavy atom. The van der Waals surface area contributed by atoms with Crippen molar-refractivity contribution in [3.8, 4) is 5.75 Å². The quantitative estimate of drug-likeness (QED) is 0.801. The van der Waals surface area contributed by atoms with Gasteiger partial charge < -0.3 is 15.4 Å². The van der Waals surface area contributed by atoms with Crippen LogP contribution in [0.1, 0.15) is 45.1 Å². The van der Waals surface area contributed by atoms with Crippen LogP contribution < -0.4 is 15.4 Å². The van der Waals surface area contributed by atoms with Crippen LogP contribution in [0.4, 0.5) is 4.79 Å². The highest BCUT2D eigenvalue weighted by molar-refractivity contribution is 5.74. The number of para-hydroxylation sites is 1. The molecule has 2 N–H and O–H groups in total. The number of benzene rings is 1. The van der Waals surface area contributed by atoms with Crippen LogP contribution in [0.2, 0.25) is 0 Å². The Morgan fingerprint density at radius 1 is 1.26 bits per heavy atom. The maximum atomic E-state index is 11.6. The van der Waals surface area contributed by atoms with Gasteiger partial charge in [0, 0.05) is 6.04 Å². The largest absolute Gasteiger partial charge is 0.471 e. The second-order valence-electron chi connectivity index (χ2n) is 5.34. The molecule has 2 rings (SSSR count). The predicted octanol–water partition coefficient (Wildman–Crippen LogP) is 3.00. The minimum absolute atomic E-state index is 0.156. The smallest absolute Gasteiger partial charge is 0.317 e. The molecular formula is C15H22N2O2. The number of nitrogens with one attached hydrogen (secondary N) is 2. The number of hydrogen-bond donors (Lipinski definition) is 2. The molecule has 1 atom stereocenters. The summed E-state index contributed by atoms with van der Waals surface area (Å²) < 4.78 is 5.81. The van der Waals surface area contributed by atoms with Crippen molar-refractivity contribution in [1.29, 1.82) is 0 Å². The highest BCUT2D eigenvalue weighted by Crippen LogP contribution is 2.26. The first-order valence-corrected chi connectivity index (χ1v) is 6.89. The van der Waals surface area contributed by atoms with Gasteiger partial charge in [0.25, 0.3) is 0 Å². The summed E-state index contributed by atoms with van der Waals surface area (Å²) in [7, 11) is 0. The fraction of sp³-hybridized carbons (Fsp3) is 0.533. The van der Waals surface area contributed by atoms with Crippen molar-refractivity contribution in [2.75, 3.05) is 0 Å². The standard InChI is InChI=1S/C15H22N2O2/c1-10(2)13-6-4-5-7-14(13)19-11(3)16-15(18)17-12-8-9-12/h4-7,10-12H,8-9H2,1-3H3,(H2,16,17,18). The third-order valence-electron chi connectivity index (χ3n) is 3.09. The molecule has 1 aromatic carbocycles. The van der Waals surface area contributed by atoms with Crippen LogP contribution in [-0.2, 0) is 0 Å². The van der Waals surface area contributed by atoms with Gasteiger partial charge in [-0.05, 0) is 37.3 Å². The van der Waals surface area contributed by atoms with E-state index in [-0.39, 0.29) is 12.3 Å². The summed E-state index contributed by atoms with van der Waals surface area (Å²) in [6.45, 7) is 6.09. The number of ether oxygens (including phenoxy) is 1. The Balaban J connectivity index is 1.90. The highest BCUT2D eigenvalue weighted by atomic mass is 16.5. The monoisotopic (exact) mass is 262 g/mol. The lowest BCUT2D eigenvalue weighted by Gasteiger charge is -2.20. The van der Waals surface area contributed by atoms with E-state index in [2.05, 4.69) is 30.5 Å². The Labute approximate surface area is 114 Å². The molecular weight excluding hydrogens is 240 g/mol. The average molecular weight is 262 g/mol. The Hall–Kier alpha value is -1.71. The summed E-state index contributed by atoms with van der Waals surface area (Å²) >= 11 is 0. The fourth-order valence-corrected chi connectivity index (χ4v) is 1.92. The first kappa shape index (κ1) is 13.7.